The standard InChI is InChI=1S/C6H6O.C4H10S2/c7-6-4-2-1-3-5-6;1-3-5-6-4-2/h1-5,7H;3-4H2,1-2H3. The molecule has 1 aromatic carbocycles. The summed E-state index contributed by atoms with van der Waals surface area (Å²) >= 11 is 0. The third kappa shape index (κ3) is 9.64. The number of para-hydroxylation sites is 1. The van der Waals surface area contributed by atoms with Crippen LogP contribution in [0.15, 0.2) is 30.3 Å². The summed E-state index contributed by atoms with van der Waals surface area (Å²) in [6, 6.07) is 8.71. The zero-order valence-electron chi connectivity index (χ0n) is 8.06. The van der Waals surface area contributed by atoms with Gasteiger partial charge in [0, 0.05) is 11.5 Å². The fourth-order valence-electron chi connectivity index (χ4n) is 0.595. The van der Waals surface area contributed by atoms with Crippen LogP contribution >= 0.6 is 21.6 Å². The molecule has 0 fully saturated rings. The third-order valence-corrected chi connectivity index (χ3v) is 3.63. The first-order chi connectivity index (χ1) is 6.31. The molecule has 0 bridgehead atoms. The minimum Gasteiger partial charge on any atom is -0.508 e. The van der Waals surface area contributed by atoms with E-state index >= 15 is 0 Å². The monoisotopic (exact) mass is 216 g/mol. The number of aromatic hydroxyl groups is 1. The molecule has 1 aromatic rings. The molecule has 3 heteroatoms. The van der Waals surface area contributed by atoms with Gasteiger partial charge in [-0.2, -0.15) is 0 Å². The van der Waals surface area contributed by atoms with Crippen molar-refractivity contribution in [2.75, 3.05) is 11.5 Å². The van der Waals surface area contributed by atoms with Crippen LogP contribution in [0, 0.1) is 0 Å². The molecule has 1 rings (SSSR count). The first-order valence-corrected chi connectivity index (χ1v) is 6.78. The van der Waals surface area contributed by atoms with Crippen molar-refractivity contribution in [2.45, 2.75) is 13.8 Å². The predicted molar refractivity (Wildman–Crippen MR) is 64.4 cm³/mol. The number of benzene rings is 1. The van der Waals surface area contributed by atoms with Crippen molar-refractivity contribution in [1.82, 2.24) is 0 Å². The number of hydrogen-bond donors (Lipinski definition) is 1. The maximum Gasteiger partial charge on any atom is 0.115 e. The normalized spacial score (nSPS) is 8.77. The summed E-state index contributed by atoms with van der Waals surface area (Å²) in [5, 5.41) is 8.63. The highest BCUT2D eigenvalue weighted by Crippen LogP contribution is 2.18. The van der Waals surface area contributed by atoms with Crippen molar-refractivity contribution in [2.24, 2.45) is 0 Å². The summed E-state index contributed by atoms with van der Waals surface area (Å²) in [6.07, 6.45) is 0. The quantitative estimate of drug-likeness (QED) is 0.613. The van der Waals surface area contributed by atoms with Gasteiger partial charge in [0.25, 0.3) is 0 Å². The molecule has 0 aliphatic heterocycles. The lowest BCUT2D eigenvalue weighted by atomic mass is 10.3. The molecule has 0 aliphatic carbocycles. The molecule has 0 spiro atoms. The number of phenolic OH excluding ortho intramolecular Hbond substituents is 1. The van der Waals surface area contributed by atoms with E-state index < -0.39 is 0 Å². The fourth-order valence-corrected chi connectivity index (χ4v) is 1.93. The highest BCUT2D eigenvalue weighted by molar-refractivity contribution is 8.76. The van der Waals surface area contributed by atoms with E-state index in [2.05, 4.69) is 13.8 Å². The van der Waals surface area contributed by atoms with E-state index in [9.17, 15) is 0 Å². The van der Waals surface area contributed by atoms with Gasteiger partial charge in [-0.3, -0.25) is 0 Å². The molecule has 13 heavy (non-hydrogen) atoms. The van der Waals surface area contributed by atoms with Crippen LogP contribution < -0.4 is 0 Å². The van der Waals surface area contributed by atoms with Gasteiger partial charge in [0.1, 0.15) is 5.75 Å². The van der Waals surface area contributed by atoms with Crippen LogP contribution in [-0.4, -0.2) is 16.6 Å². The summed E-state index contributed by atoms with van der Waals surface area (Å²) in [7, 11) is 3.85. The van der Waals surface area contributed by atoms with E-state index in [4.69, 9.17) is 5.11 Å². The Morgan fingerprint density at radius 2 is 1.46 bits per heavy atom. The van der Waals surface area contributed by atoms with Gasteiger partial charge in [-0.1, -0.05) is 53.6 Å². The fraction of sp³-hybridized carbons (Fsp3) is 0.400. The van der Waals surface area contributed by atoms with E-state index in [0.717, 1.165) is 0 Å². The Kier molecular flexibility index (Phi) is 9.59. The molecule has 0 unspecified atom stereocenters. The second-order valence-corrected chi connectivity index (χ2v) is 5.19. The molecule has 0 radical (unpaired) electrons. The molecule has 74 valence electrons. The molecule has 1 nitrogen and oxygen atoms in total. The lowest BCUT2D eigenvalue weighted by Crippen LogP contribution is -1.59. The van der Waals surface area contributed by atoms with Crippen molar-refractivity contribution in [1.29, 1.82) is 0 Å². The second-order valence-electron chi connectivity index (χ2n) is 2.15. The van der Waals surface area contributed by atoms with Gasteiger partial charge in [0.2, 0.25) is 0 Å². The lowest BCUT2D eigenvalue weighted by Gasteiger charge is -1.86. The van der Waals surface area contributed by atoms with Crippen molar-refractivity contribution in [3.05, 3.63) is 30.3 Å². The van der Waals surface area contributed by atoms with Gasteiger partial charge in [0.15, 0.2) is 0 Å². The van der Waals surface area contributed by atoms with Crippen molar-refractivity contribution < 1.29 is 5.11 Å². The first kappa shape index (κ1) is 12.7. The molecule has 0 atom stereocenters. The van der Waals surface area contributed by atoms with Crippen LogP contribution in [0.5, 0.6) is 5.75 Å². The Hall–Kier alpha value is -0.280. The van der Waals surface area contributed by atoms with E-state index in [1.165, 1.54) is 11.5 Å². The Morgan fingerprint density at radius 3 is 1.69 bits per heavy atom. The van der Waals surface area contributed by atoms with Gasteiger partial charge in [-0.25, -0.2) is 0 Å². The highest BCUT2D eigenvalue weighted by atomic mass is 33.1. The van der Waals surface area contributed by atoms with Crippen LogP contribution in [0.4, 0.5) is 0 Å². The highest BCUT2D eigenvalue weighted by Gasteiger charge is 1.75. The topological polar surface area (TPSA) is 20.2 Å². The molecule has 0 aromatic heterocycles. The molecule has 1 N–H and O–H groups in total. The number of rotatable bonds is 3. The maximum absolute atomic E-state index is 8.63. The molecule has 0 saturated heterocycles. The summed E-state index contributed by atoms with van der Waals surface area (Å²) in [4.78, 5) is 0. The first-order valence-electron chi connectivity index (χ1n) is 4.29. The molecular formula is C10H16OS2. The zero-order valence-corrected chi connectivity index (χ0v) is 9.70. The molecule has 0 saturated carbocycles. The Bertz CT molecular complexity index is 185. The minimum atomic E-state index is 0.322. The average Bonchev–Trinajstić information content (AvgIpc) is 2.17. The summed E-state index contributed by atoms with van der Waals surface area (Å²) in [5.41, 5.74) is 0. The Morgan fingerprint density at radius 1 is 1.00 bits per heavy atom. The number of hydrogen-bond acceptors (Lipinski definition) is 3. The molecule has 0 heterocycles. The Balaban J connectivity index is 0.000000226. The summed E-state index contributed by atoms with van der Waals surface area (Å²) < 4.78 is 0. The van der Waals surface area contributed by atoms with Crippen molar-refractivity contribution >= 4 is 21.6 Å². The molecule has 0 amide bonds. The van der Waals surface area contributed by atoms with Crippen molar-refractivity contribution in [3.8, 4) is 5.75 Å². The van der Waals surface area contributed by atoms with E-state index in [1.807, 2.05) is 27.7 Å². The minimum absolute atomic E-state index is 0.322. The largest absolute Gasteiger partial charge is 0.508 e. The van der Waals surface area contributed by atoms with Crippen LogP contribution in [-0.2, 0) is 0 Å². The van der Waals surface area contributed by atoms with Gasteiger partial charge in [-0.15, -0.1) is 0 Å². The predicted octanol–water partition coefficient (Wildman–Crippen LogP) is 3.80. The van der Waals surface area contributed by atoms with Crippen LogP contribution in [0.2, 0.25) is 0 Å². The average molecular weight is 216 g/mol. The van der Waals surface area contributed by atoms with E-state index in [0.29, 0.717) is 5.75 Å². The van der Waals surface area contributed by atoms with Crippen LogP contribution in [0.1, 0.15) is 13.8 Å². The third-order valence-electron chi connectivity index (χ3n) is 1.08. The van der Waals surface area contributed by atoms with Crippen LogP contribution in [0.25, 0.3) is 0 Å². The SMILES string of the molecule is CCSSCC.Oc1ccccc1. The zero-order chi connectivity index (χ0) is 9.94. The summed E-state index contributed by atoms with van der Waals surface area (Å²) in [6.45, 7) is 4.35. The van der Waals surface area contributed by atoms with E-state index in [-0.39, 0.29) is 0 Å². The van der Waals surface area contributed by atoms with E-state index in [1.54, 1.807) is 24.3 Å². The second kappa shape index (κ2) is 9.81. The lowest BCUT2D eigenvalue weighted by molar-refractivity contribution is 0.475. The summed E-state index contributed by atoms with van der Waals surface area (Å²) in [5.74, 6) is 2.79. The smallest absolute Gasteiger partial charge is 0.115 e. The molecular weight excluding hydrogens is 200 g/mol. The van der Waals surface area contributed by atoms with Crippen LogP contribution in [0.3, 0.4) is 0 Å². The van der Waals surface area contributed by atoms with Gasteiger partial charge in [-0.05, 0) is 12.1 Å². The molecule has 0 aliphatic rings. The van der Waals surface area contributed by atoms with Gasteiger partial charge < -0.3 is 5.11 Å². The Labute approximate surface area is 88.3 Å². The van der Waals surface area contributed by atoms with Gasteiger partial charge in [0.05, 0.1) is 0 Å². The van der Waals surface area contributed by atoms with Gasteiger partial charge >= 0.3 is 0 Å². The number of phenols is 1. The van der Waals surface area contributed by atoms with Crippen molar-refractivity contribution in [3.63, 3.8) is 0 Å². The maximum atomic E-state index is 8.63.